The summed E-state index contributed by atoms with van der Waals surface area (Å²) in [4.78, 5) is 2.02. The minimum atomic E-state index is -3.10. The quantitative estimate of drug-likeness (QED) is 0.913. The highest BCUT2D eigenvalue weighted by Crippen LogP contribution is 2.32. The number of hydrogen-bond acceptors (Lipinski definition) is 5. The Bertz CT molecular complexity index is 558. The summed E-state index contributed by atoms with van der Waals surface area (Å²) in [5.41, 5.74) is 8.90. The van der Waals surface area contributed by atoms with Gasteiger partial charge in [-0.3, -0.25) is 0 Å². The summed E-state index contributed by atoms with van der Waals surface area (Å²) in [5.74, 6) is 1.57. The number of hydrogen-bond donors (Lipinski definition) is 1. The average molecular weight is 300 g/mol. The van der Waals surface area contributed by atoms with E-state index in [1.807, 2.05) is 30.0 Å². The molecule has 2 rings (SSSR count). The summed E-state index contributed by atoms with van der Waals surface area (Å²) in [5, 5.41) is -0.447. The van der Waals surface area contributed by atoms with Gasteiger partial charge in [0, 0.05) is 36.5 Å². The number of aryl methyl sites for hydroxylation is 1. The summed E-state index contributed by atoms with van der Waals surface area (Å²) in [7, 11) is -3.10. The molecule has 0 bridgehead atoms. The van der Waals surface area contributed by atoms with E-state index in [2.05, 4.69) is 0 Å². The molecule has 2 N–H and O–H groups in total. The van der Waals surface area contributed by atoms with Gasteiger partial charge < -0.3 is 10.6 Å². The van der Waals surface area contributed by atoms with E-state index in [1.54, 1.807) is 11.8 Å². The largest absolute Gasteiger partial charge is 0.353 e. The smallest absolute Gasteiger partial charge is 0.169 e. The lowest BCUT2D eigenvalue weighted by atomic mass is 10.1. The molecule has 1 aromatic rings. The summed E-state index contributed by atoms with van der Waals surface area (Å²) < 4.78 is 24.0. The average Bonchev–Trinajstić information content (AvgIpc) is 2.37. The molecule has 19 heavy (non-hydrogen) atoms. The van der Waals surface area contributed by atoms with Crippen LogP contribution in [0, 0.1) is 6.92 Å². The summed E-state index contributed by atoms with van der Waals surface area (Å²) in [6.45, 7) is 3.19. The van der Waals surface area contributed by atoms with E-state index >= 15 is 0 Å². The molecule has 0 amide bonds. The first kappa shape index (κ1) is 14.7. The Morgan fingerprint density at radius 1 is 1.47 bits per heavy atom. The second kappa shape index (κ2) is 5.73. The molecular formula is C13H20N2O2S2. The number of sulfone groups is 1. The summed E-state index contributed by atoms with van der Waals surface area (Å²) in [6.07, 6.45) is 1.32. The number of nitrogens with zero attached hydrogens (tertiary/aromatic N) is 1. The second-order valence-corrected chi connectivity index (χ2v) is 8.19. The second-order valence-electron chi connectivity index (χ2n) is 4.84. The third kappa shape index (κ3) is 3.07. The van der Waals surface area contributed by atoms with Crippen LogP contribution in [0.15, 0.2) is 18.2 Å². The third-order valence-corrected chi connectivity index (χ3v) is 6.05. The predicted molar refractivity (Wildman–Crippen MR) is 82.4 cm³/mol. The molecule has 0 saturated carbocycles. The standard InChI is InChI=1S/C13H20N2O2S2/c1-10-4-3-5-11(8-14)13(10)15-6-7-18-9-12(15)19(2,16)17/h3-5,12H,6-9,14H2,1-2H3. The molecular weight excluding hydrogens is 280 g/mol. The molecule has 1 heterocycles. The Hall–Kier alpha value is -0.720. The van der Waals surface area contributed by atoms with E-state index < -0.39 is 15.2 Å². The van der Waals surface area contributed by atoms with Gasteiger partial charge in [0.15, 0.2) is 9.84 Å². The van der Waals surface area contributed by atoms with Crippen LogP contribution in [0.25, 0.3) is 0 Å². The number of para-hydroxylation sites is 1. The first-order valence-corrected chi connectivity index (χ1v) is 9.38. The molecule has 1 fully saturated rings. The van der Waals surface area contributed by atoms with Gasteiger partial charge >= 0.3 is 0 Å². The van der Waals surface area contributed by atoms with Gasteiger partial charge in [-0.15, -0.1) is 0 Å². The molecule has 0 radical (unpaired) electrons. The van der Waals surface area contributed by atoms with Crippen LogP contribution < -0.4 is 10.6 Å². The van der Waals surface area contributed by atoms with Gasteiger partial charge in [-0.05, 0) is 18.1 Å². The van der Waals surface area contributed by atoms with E-state index in [4.69, 9.17) is 5.73 Å². The van der Waals surface area contributed by atoms with Crippen LogP contribution in [0.3, 0.4) is 0 Å². The number of rotatable bonds is 3. The molecule has 1 aromatic carbocycles. The van der Waals surface area contributed by atoms with Gasteiger partial charge in [0.25, 0.3) is 0 Å². The molecule has 1 aliphatic heterocycles. The van der Waals surface area contributed by atoms with Crippen LogP contribution in [0.5, 0.6) is 0 Å². The number of thioether (sulfide) groups is 1. The van der Waals surface area contributed by atoms with Crippen LogP contribution >= 0.6 is 11.8 Å². The molecule has 1 atom stereocenters. The molecule has 106 valence electrons. The SMILES string of the molecule is Cc1cccc(CN)c1N1CCSCC1S(C)(=O)=O. The highest BCUT2D eigenvalue weighted by Gasteiger charge is 2.32. The van der Waals surface area contributed by atoms with Crippen molar-refractivity contribution in [3.63, 3.8) is 0 Å². The molecule has 1 unspecified atom stereocenters. The Morgan fingerprint density at radius 2 is 2.21 bits per heavy atom. The molecule has 6 heteroatoms. The van der Waals surface area contributed by atoms with Crippen molar-refractivity contribution >= 4 is 27.3 Å². The van der Waals surface area contributed by atoms with Crippen molar-refractivity contribution < 1.29 is 8.42 Å². The van der Waals surface area contributed by atoms with Gasteiger partial charge in [0.2, 0.25) is 0 Å². The zero-order valence-corrected chi connectivity index (χ0v) is 12.9. The zero-order valence-electron chi connectivity index (χ0n) is 11.3. The Morgan fingerprint density at radius 3 is 2.84 bits per heavy atom. The van der Waals surface area contributed by atoms with Crippen LogP contribution in [-0.2, 0) is 16.4 Å². The van der Waals surface area contributed by atoms with E-state index in [0.29, 0.717) is 12.3 Å². The molecule has 0 spiro atoms. The lowest BCUT2D eigenvalue weighted by Crippen LogP contribution is -2.47. The number of benzene rings is 1. The fourth-order valence-electron chi connectivity index (χ4n) is 2.49. The third-order valence-electron chi connectivity index (χ3n) is 3.41. The van der Waals surface area contributed by atoms with Gasteiger partial charge in [0.05, 0.1) is 0 Å². The first-order valence-electron chi connectivity index (χ1n) is 6.27. The molecule has 1 aliphatic rings. The predicted octanol–water partition coefficient (Wildman–Crippen LogP) is 1.38. The Balaban J connectivity index is 2.49. The van der Waals surface area contributed by atoms with Crippen LogP contribution in [-0.4, -0.2) is 38.1 Å². The van der Waals surface area contributed by atoms with Crippen LogP contribution in [0.4, 0.5) is 5.69 Å². The Labute approximate surface area is 119 Å². The zero-order chi connectivity index (χ0) is 14.0. The lowest BCUT2D eigenvalue weighted by molar-refractivity contribution is 0.584. The van der Waals surface area contributed by atoms with Gasteiger partial charge in [-0.1, -0.05) is 18.2 Å². The van der Waals surface area contributed by atoms with E-state index in [1.165, 1.54) is 6.26 Å². The van der Waals surface area contributed by atoms with E-state index in [9.17, 15) is 8.42 Å². The Kier molecular flexibility index (Phi) is 4.43. The maximum atomic E-state index is 12.0. The topological polar surface area (TPSA) is 63.4 Å². The van der Waals surface area contributed by atoms with Gasteiger partial charge in [-0.25, -0.2) is 8.42 Å². The van der Waals surface area contributed by atoms with Crippen molar-refractivity contribution in [1.82, 2.24) is 0 Å². The van der Waals surface area contributed by atoms with Crippen molar-refractivity contribution in [2.45, 2.75) is 18.8 Å². The van der Waals surface area contributed by atoms with Gasteiger partial charge in [0.1, 0.15) is 5.37 Å². The van der Waals surface area contributed by atoms with Crippen LogP contribution in [0.2, 0.25) is 0 Å². The summed E-state index contributed by atoms with van der Waals surface area (Å²) >= 11 is 1.70. The molecule has 4 nitrogen and oxygen atoms in total. The highest BCUT2D eigenvalue weighted by atomic mass is 32.2. The normalized spacial score (nSPS) is 20.6. The maximum absolute atomic E-state index is 12.0. The monoisotopic (exact) mass is 300 g/mol. The minimum absolute atomic E-state index is 0.428. The van der Waals surface area contributed by atoms with Crippen molar-refractivity contribution in [2.24, 2.45) is 5.73 Å². The lowest BCUT2D eigenvalue weighted by Gasteiger charge is -2.38. The first-order chi connectivity index (χ1) is 8.95. The highest BCUT2D eigenvalue weighted by molar-refractivity contribution is 8.01. The maximum Gasteiger partial charge on any atom is 0.169 e. The van der Waals surface area contributed by atoms with E-state index in [0.717, 1.165) is 29.1 Å². The number of nitrogens with two attached hydrogens (primary N) is 1. The molecule has 1 saturated heterocycles. The van der Waals surface area contributed by atoms with Crippen molar-refractivity contribution in [1.29, 1.82) is 0 Å². The fourth-order valence-corrected chi connectivity index (χ4v) is 5.31. The van der Waals surface area contributed by atoms with Crippen molar-refractivity contribution in [3.8, 4) is 0 Å². The van der Waals surface area contributed by atoms with Crippen LogP contribution in [0.1, 0.15) is 11.1 Å². The van der Waals surface area contributed by atoms with E-state index in [-0.39, 0.29) is 0 Å². The van der Waals surface area contributed by atoms with Gasteiger partial charge in [-0.2, -0.15) is 11.8 Å². The summed E-state index contributed by atoms with van der Waals surface area (Å²) in [6, 6.07) is 5.95. The molecule has 0 aliphatic carbocycles. The minimum Gasteiger partial charge on any atom is -0.353 e. The van der Waals surface area contributed by atoms with Crippen molar-refractivity contribution in [3.05, 3.63) is 29.3 Å². The van der Waals surface area contributed by atoms with Crippen molar-refractivity contribution in [2.75, 3.05) is 29.2 Å². The fraction of sp³-hybridized carbons (Fsp3) is 0.538. The molecule has 0 aromatic heterocycles. The number of anilines is 1.